The van der Waals surface area contributed by atoms with Crippen molar-refractivity contribution in [1.82, 2.24) is 35.2 Å². The second-order valence-corrected chi connectivity index (χ2v) is 9.21. The lowest BCUT2D eigenvalue weighted by Crippen LogP contribution is -2.43. The maximum Gasteiger partial charge on any atom is 0.275 e. The molecule has 34 heavy (non-hydrogen) atoms. The van der Waals surface area contributed by atoms with Gasteiger partial charge >= 0.3 is 0 Å². The summed E-state index contributed by atoms with van der Waals surface area (Å²) < 4.78 is 7.78. The van der Waals surface area contributed by atoms with E-state index in [1.165, 1.54) is 4.68 Å². The van der Waals surface area contributed by atoms with Crippen LogP contribution in [0.25, 0.3) is 44.2 Å². The van der Waals surface area contributed by atoms with Gasteiger partial charge in [0.25, 0.3) is 5.56 Å². The van der Waals surface area contributed by atoms with Gasteiger partial charge in [0.15, 0.2) is 0 Å². The molecule has 5 aromatic rings. The van der Waals surface area contributed by atoms with Crippen molar-refractivity contribution in [3.05, 3.63) is 59.1 Å². The zero-order valence-electron chi connectivity index (χ0n) is 19.2. The van der Waals surface area contributed by atoms with Crippen molar-refractivity contribution in [1.29, 1.82) is 0 Å². The van der Waals surface area contributed by atoms with Gasteiger partial charge in [-0.15, -0.1) is 0 Å². The second-order valence-electron chi connectivity index (χ2n) is 9.21. The van der Waals surface area contributed by atoms with Crippen LogP contribution in [0.15, 0.2) is 58.2 Å². The Bertz CT molecular complexity index is 1600. The lowest BCUT2D eigenvalue weighted by atomic mass is 9.99. The van der Waals surface area contributed by atoms with Gasteiger partial charge in [-0.1, -0.05) is 12.1 Å². The molecular formula is C24H23N7O3. The first-order valence-corrected chi connectivity index (χ1v) is 10.8. The molecule has 5 rings (SSSR count). The summed E-state index contributed by atoms with van der Waals surface area (Å²) in [5, 5.41) is 20.5. The maximum absolute atomic E-state index is 13.0. The van der Waals surface area contributed by atoms with Crippen LogP contribution in [0.1, 0.15) is 20.8 Å². The zero-order chi connectivity index (χ0) is 24.0. The van der Waals surface area contributed by atoms with Gasteiger partial charge in [-0.25, -0.2) is 9.31 Å². The van der Waals surface area contributed by atoms with E-state index in [0.717, 1.165) is 22.4 Å². The van der Waals surface area contributed by atoms with Crippen molar-refractivity contribution in [3.8, 4) is 22.4 Å². The third-order valence-corrected chi connectivity index (χ3v) is 5.44. The van der Waals surface area contributed by atoms with Gasteiger partial charge in [-0.2, -0.15) is 10.2 Å². The summed E-state index contributed by atoms with van der Waals surface area (Å²) in [6, 6.07) is 11.2. The highest BCUT2D eigenvalue weighted by Crippen LogP contribution is 2.33. The van der Waals surface area contributed by atoms with Crippen molar-refractivity contribution < 1.29 is 9.42 Å². The van der Waals surface area contributed by atoms with E-state index in [0.29, 0.717) is 21.8 Å². The average Bonchev–Trinajstić information content (AvgIpc) is 3.40. The van der Waals surface area contributed by atoms with Crippen LogP contribution in [-0.2, 0) is 18.4 Å². The molecule has 10 nitrogen and oxygen atoms in total. The van der Waals surface area contributed by atoms with Crippen LogP contribution in [-0.4, -0.2) is 41.3 Å². The molecule has 3 aromatic heterocycles. The number of benzene rings is 2. The summed E-state index contributed by atoms with van der Waals surface area (Å²) in [4.78, 5) is 25.2. The predicted molar refractivity (Wildman–Crippen MR) is 127 cm³/mol. The highest BCUT2D eigenvalue weighted by atomic mass is 16.6. The SMILES string of the molecule is Cn1ncc(-c2ccc3c(=O)n(CC(=O)NC(C)(C)C)ncc3c2)c1-c1ccc2nonc2c1. The molecule has 0 aliphatic heterocycles. The Balaban J connectivity index is 1.52. The fraction of sp³-hybridized carbons (Fsp3) is 0.250. The quantitative estimate of drug-likeness (QED) is 0.440. The number of carbonyl (C=O) groups excluding carboxylic acids is 1. The Labute approximate surface area is 194 Å². The van der Waals surface area contributed by atoms with Crippen LogP contribution < -0.4 is 10.9 Å². The molecule has 0 aliphatic rings. The Morgan fingerprint density at radius 2 is 1.76 bits per heavy atom. The maximum atomic E-state index is 13.0. The first-order chi connectivity index (χ1) is 16.2. The van der Waals surface area contributed by atoms with Gasteiger partial charge in [0, 0.05) is 29.1 Å². The number of rotatable bonds is 4. The minimum Gasteiger partial charge on any atom is -0.350 e. The summed E-state index contributed by atoms with van der Waals surface area (Å²) in [6.45, 7) is 5.52. The molecule has 0 saturated carbocycles. The molecule has 10 heteroatoms. The first-order valence-electron chi connectivity index (χ1n) is 10.8. The van der Waals surface area contributed by atoms with Gasteiger partial charge in [0.2, 0.25) is 5.91 Å². The van der Waals surface area contributed by atoms with Crippen LogP contribution >= 0.6 is 0 Å². The number of nitrogens with one attached hydrogen (secondary N) is 1. The Hall–Kier alpha value is -4.34. The van der Waals surface area contributed by atoms with Crippen LogP contribution in [0.5, 0.6) is 0 Å². The van der Waals surface area contributed by atoms with Crippen LogP contribution in [0, 0.1) is 0 Å². The Morgan fingerprint density at radius 1 is 1.00 bits per heavy atom. The Morgan fingerprint density at radius 3 is 2.56 bits per heavy atom. The van der Waals surface area contributed by atoms with Gasteiger partial charge in [-0.05, 0) is 60.9 Å². The zero-order valence-corrected chi connectivity index (χ0v) is 19.2. The standard InChI is InChI=1S/C24H23N7O3/c1-24(2,3)27-21(32)13-31-23(33)17-7-5-14(9-16(17)11-26-31)18-12-25-30(4)22(18)15-6-8-19-20(10-15)29-34-28-19/h5-12H,13H2,1-4H3,(H,27,32). The van der Waals surface area contributed by atoms with E-state index in [1.54, 1.807) is 23.1 Å². The summed E-state index contributed by atoms with van der Waals surface area (Å²) in [5.41, 5.74) is 4.22. The normalized spacial score (nSPS) is 11.9. The van der Waals surface area contributed by atoms with Crippen molar-refractivity contribution in [2.24, 2.45) is 7.05 Å². The van der Waals surface area contributed by atoms with Gasteiger partial charge in [-0.3, -0.25) is 14.3 Å². The lowest BCUT2D eigenvalue weighted by molar-refractivity contribution is -0.123. The second kappa shape index (κ2) is 7.91. The van der Waals surface area contributed by atoms with E-state index in [9.17, 15) is 9.59 Å². The van der Waals surface area contributed by atoms with Crippen LogP contribution in [0.4, 0.5) is 0 Å². The number of carbonyl (C=O) groups is 1. The predicted octanol–water partition coefficient (Wildman–Crippen LogP) is 2.91. The van der Waals surface area contributed by atoms with Crippen molar-refractivity contribution in [3.63, 3.8) is 0 Å². The van der Waals surface area contributed by atoms with Crippen LogP contribution in [0.3, 0.4) is 0 Å². The largest absolute Gasteiger partial charge is 0.350 e. The van der Waals surface area contributed by atoms with E-state index < -0.39 is 0 Å². The fourth-order valence-electron chi connectivity index (χ4n) is 3.98. The minimum absolute atomic E-state index is 0.139. The first kappa shape index (κ1) is 21.5. The van der Waals surface area contributed by atoms with E-state index >= 15 is 0 Å². The minimum atomic E-state index is -0.386. The van der Waals surface area contributed by atoms with Crippen molar-refractivity contribution in [2.45, 2.75) is 32.9 Å². The molecular weight excluding hydrogens is 434 g/mol. The van der Waals surface area contributed by atoms with Gasteiger partial charge in [0.05, 0.1) is 23.5 Å². The number of hydrogen-bond donors (Lipinski definition) is 1. The molecule has 1 N–H and O–H groups in total. The molecule has 2 aromatic carbocycles. The lowest BCUT2D eigenvalue weighted by Gasteiger charge is -2.20. The smallest absolute Gasteiger partial charge is 0.275 e. The molecule has 3 heterocycles. The third-order valence-electron chi connectivity index (χ3n) is 5.44. The summed E-state index contributed by atoms with van der Waals surface area (Å²) in [5.74, 6) is -0.266. The molecule has 1 amide bonds. The van der Waals surface area contributed by atoms with E-state index in [2.05, 4.69) is 25.8 Å². The van der Waals surface area contributed by atoms with Gasteiger partial charge < -0.3 is 5.32 Å². The van der Waals surface area contributed by atoms with E-state index in [4.69, 9.17) is 4.63 Å². The number of hydrogen-bond acceptors (Lipinski definition) is 7. The third kappa shape index (κ3) is 3.94. The molecule has 0 bridgehead atoms. The molecule has 0 unspecified atom stereocenters. The van der Waals surface area contributed by atoms with Gasteiger partial charge in [0.1, 0.15) is 17.6 Å². The number of fused-ring (bicyclic) bond motifs is 2. The summed E-state index contributed by atoms with van der Waals surface area (Å²) in [6.07, 6.45) is 3.39. The number of amides is 1. The highest BCUT2D eigenvalue weighted by Gasteiger charge is 2.17. The molecule has 0 fully saturated rings. The monoisotopic (exact) mass is 457 g/mol. The molecule has 0 aliphatic carbocycles. The van der Waals surface area contributed by atoms with E-state index in [-0.39, 0.29) is 23.6 Å². The fourth-order valence-corrected chi connectivity index (χ4v) is 3.98. The molecule has 172 valence electrons. The summed E-state index contributed by atoms with van der Waals surface area (Å²) in [7, 11) is 1.87. The summed E-state index contributed by atoms with van der Waals surface area (Å²) >= 11 is 0. The van der Waals surface area contributed by atoms with Crippen molar-refractivity contribution in [2.75, 3.05) is 0 Å². The number of nitrogens with zero attached hydrogens (tertiary/aromatic N) is 6. The molecule has 0 radical (unpaired) electrons. The number of aromatic nitrogens is 6. The van der Waals surface area contributed by atoms with Crippen molar-refractivity contribution >= 4 is 27.7 Å². The molecule has 0 saturated heterocycles. The highest BCUT2D eigenvalue weighted by molar-refractivity contribution is 5.91. The van der Waals surface area contributed by atoms with E-state index in [1.807, 2.05) is 58.2 Å². The molecule has 0 spiro atoms. The molecule has 0 atom stereocenters. The Kier molecular flexibility index (Phi) is 5.00. The topological polar surface area (TPSA) is 121 Å². The van der Waals surface area contributed by atoms with Crippen LogP contribution in [0.2, 0.25) is 0 Å². The number of aryl methyl sites for hydroxylation is 1. The average molecular weight is 457 g/mol.